The molecule has 11 heteroatoms. The molecule has 0 saturated carbocycles. The molecule has 0 bridgehead atoms. The Hall–Kier alpha value is -1.34. The molecule has 0 aromatic carbocycles. The number of nitrogens with one attached hydrogen (secondary N) is 1. The second-order valence-electron chi connectivity index (χ2n) is 9.73. The summed E-state index contributed by atoms with van der Waals surface area (Å²) in [6, 6.07) is -1.24. The van der Waals surface area contributed by atoms with Gasteiger partial charge in [-0.25, -0.2) is 0 Å². The standard InChI is InChI=1S/C22H40N2O9/c1-13(27)23-18-20(30)19(29)16(12-26)32-21(18)31-8-6-5-7-17(28)24-10-15(9-14(24)11-25)33-22(2,3)4/h14-16,18-21,25-26,29-30H,5-12H2,1-4H3,(H,23,27)/t14-,15+,16?,18?,19?,20?,21?/m0/s1. The zero-order valence-electron chi connectivity index (χ0n) is 20.0. The number of nitrogens with zero attached hydrogens (tertiary/aromatic N) is 1. The van der Waals surface area contributed by atoms with Gasteiger partial charge in [-0.05, 0) is 40.0 Å². The summed E-state index contributed by atoms with van der Waals surface area (Å²) in [6.07, 6.45) is -2.99. The lowest BCUT2D eigenvalue weighted by Gasteiger charge is -2.42. The van der Waals surface area contributed by atoms with Gasteiger partial charge in [-0.15, -0.1) is 0 Å². The van der Waals surface area contributed by atoms with Crippen molar-refractivity contribution in [2.75, 3.05) is 26.4 Å². The molecule has 2 aliphatic heterocycles. The van der Waals surface area contributed by atoms with Crippen LogP contribution < -0.4 is 5.32 Å². The van der Waals surface area contributed by atoms with E-state index in [1.165, 1.54) is 6.92 Å². The molecule has 2 amide bonds. The lowest BCUT2D eigenvalue weighted by molar-refractivity contribution is -0.270. The molecule has 5 N–H and O–H groups in total. The van der Waals surface area contributed by atoms with Crippen molar-refractivity contribution in [2.24, 2.45) is 0 Å². The molecule has 33 heavy (non-hydrogen) atoms. The summed E-state index contributed by atoms with van der Waals surface area (Å²) in [7, 11) is 0. The first-order valence-electron chi connectivity index (χ1n) is 11.6. The largest absolute Gasteiger partial charge is 0.394 e. The predicted molar refractivity (Wildman–Crippen MR) is 117 cm³/mol. The van der Waals surface area contributed by atoms with Crippen LogP contribution in [0.15, 0.2) is 0 Å². The average Bonchev–Trinajstić information content (AvgIpc) is 3.13. The SMILES string of the molecule is CC(=O)NC1C(OCCCCC(=O)N2C[C@H](OC(C)(C)C)C[C@H]2CO)OC(CO)C(O)C1O. The number of rotatable bonds is 10. The molecule has 0 spiro atoms. The maximum Gasteiger partial charge on any atom is 0.222 e. The molecule has 5 unspecified atom stereocenters. The van der Waals surface area contributed by atoms with E-state index in [0.29, 0.717) is 25.8 Å². The van der Waals surface area contributed by atoms with Crippen molar-refractivity contribution in [3.05, 3.63) is 0 Å². The van der Waals surface area contributed by atoms with Crippen LogP contribution in [-0.2, 0) is 23.8 Å². The molecule has 0 aliphatic carbocycles. The summed E-state index contributed by atoms with van der Waals surface area (Å²) < 4.78 is 17.1. The fraction of sp³-hybridized carbons (Fsp3) is 0.909. The predicted octanol–water partition coefficient (Wildman–Crippen LogP) is -1.11. The fourth-order valence-corrected chi connectivity index (χ4v) is 4.27. The van der Waals surface area contributed by atoms with Crippen molar-refractivity contribution >= 4 is 11.8 Å². The van der Waals surface area contributed by atoms with Crippen molar-refractivity contribution in [3.63, 3.8) is 0 Å². The van der Waals surface area contributed by atoms with Crippen LogP contribution in [0.5, 0.6) is 0 Å². The molecule has 0 aromatic heterocycles. The van der Waals surface area contributed by atoms with E-state index in [4.69, 9.17) is 14.2 Å². The van der Waals surface area contributed by atoms with Gasteiger partial charge >= 0.3 is 0 Å². The quantitative estimate of drug-likeness (QED) is 0.247. The minimum absolute atomic E-state index is 0.0574. The number of amides is 2. The maximum atomic E-state index is 12.7. The van der Waals surface area contributed by atoms with Crippen molar-refractivity contribution in [1.82, 2.24) is 10.2 Å². The lowest BCUT2D eigenvalue weighted by atomic mass is 9.97. The van der Waals surface area contributed by atoms with E-state index in [1.54, 1.807) is 4.90 Å². The molecule has 2 rings (SSSR count). The van der Waals surface area contributed by atoms with Crippen LogP contribution in [0.1, 0.15) is 53.4 Å². The van der Waals surface area contributed by atoms with Gasteiger partial charge in [0.25, 0.3) is 0 Å². The van der Waals surface area contributed by atoms with E-state index >= 15 is 0 Å². The molecule has 0 radical (unpaired) electrons. The summed E-state index contributed by atoms with van der Waals surface area (Å²) in [6.45, 7) is 7.17. The monoisotopic (exact) mass is 476 g/mol. The smallest absolute Gasteiger partial charge is 0.222 e. The number of hydrogen-bond donors (Lipinski definition) is 5. The first-order chi connectivity index (χ1) is 15.5. The molecule has 2 aliphatic rings. The van der Waals surface area contributed by atoms with Crippen LogP contribution in [0, 0.1) is 0 Å². The first kappa shape index (κ1) is 27.9. The van der Waals surface area contributed by atoms with Crippen molar-refractivity contribution in [2.45, 2.75) is 102 Å². The fourth-order valence-electron chi connectivity index (χ4n) is 4.27. The van der Waals surface area contributed by atoms with Gasteiger partial charge in [-0.2, -0.15) is 0 Å². The minimum atomic E-state index is -1.37. The van der Waals surface area contributed by atoms with Crippen molar-refractivity contribution < 1.29 is 44.2 Å². The average molecular weight is 477 g/mol. The maximum absolute atomic E-state index is 12.7. The summed E-state index contributed by atoms with van der Waals surface area (Å²) >= 11 is 0. The molecule has 2 fully saturated rings. The molecule has 7 atom stereocenters. The highest BCUT2D eigenvalue weighted by molar-refractivity contribution is 5.77. The summed E-state index contributed by atoms with van der Waals surface area (Å²) in [5.74, 6) is -0.479. The van der Waals surface area contributed by atoms with Gasteiger partial charge in [0.1, 0.15) is 24.4 Å². The van der Waals surface area contributed by atoms with Crippen LogP contribution in [0.3, 0.4) is 0 Å². The van der Waals surface area contributed by atoms with E-state index in [-0.39, 0.29) is 43.3 Å². The molecular formula is C22H40N2O9. The van der Waals surface area contributed by atoms with Crippen LogP contribution in [0.4, 0.5) is 0 Å². The van der Waals surface area contributed by atoms with Crippen LogP contribution in [0.2, 0.25) is 0 Å². The van der Waals surface area contributed by atoms with Crippen LogP contribution in [0.25, 0.3) is 0 Å². The van der Waals surface area contributed by atoms with E-state index < -0.39 is 43.2 Å². The zero-order valence-corrected chi connectivity index (χ0v) is 20.0. The van der Waals surface area contributed by atoms with Gasteiger partial charge in [-0.3, -0.25) is 9.59 Å². The molecule has 11 nitrogen and oxygen atoms in total. The second kappa shape index (κ2) is 12.4. The van der Waals surface area contributed by atoms with Gasteiger partial charge in [0.05, 0.1) is 31.0 Å². The van der Waals surface area contributed by atoms with Gasteiger partial charge in [0, 0.05) is 26.5 Å². The van der Waals surface area contributed by atoms with E-state index in [1.807, 2.05) is 20.8 Å². The number of aliphatic hydroxyl groups is 4. The second-order valence-corrected chi connectivity index (χ2v) is 9.73. The molecule has 192 valence electrons. The lowest BCUT2D eigenvalue weighted by Crippen LogP contribution is -2.64. The highest BCUT2D eigenvalue weighted by Crippen LogP contribution is 2.26. The Balaban J connectivity index is 1.80. The number of likely N-dealkylation sites (tertiary alicyclic amines) is 1. The Kier molecular flexibility index (Phi) is 10.5. The van der Waals surface area contributed by atoms with Gasteiger partial charge in [0.15, 0.2) is 6.29 Å². The van der Waals surface area contributed by atoms with Gasteiger partial charge in [0.2, 0.25) is 11.8 Å². The Morgan fingerprint density at radius 2 is 1.82 bits per heavy atom. The highest BCUT2D eigenvalue weighted by atomic mass is 16.7. The number of unbranched alkanes of at least 4 members (excludes halogenated alkanes) is 1. The summed E-state index contributed by atoms with van der Waals surface area (Å²) in [4.78, 5) is 25.8. The molecule has 2 heterocycles. The number of aliphatic hydroxyl groups excluding tert-OH is 4. The van der Waals surface area contributed by atoms with E-state index in [0.717, 1.165) is 0 Å². The third-order valence-electron chi connectivity index (χ3n) is 5.75. The highest BCUT2D eigenvalue weighted by Gasteiger charge is 2.45. The third kappa shape index (κ3) is 8.13. The summed E-state index contributed by atoms with van der Waals surface area (Å²) in [5.41, 5.74) is -0.323. The Bertz CT molecular complexity index is 642. The zero-order chi connectivity index (χ0) is 24.8. The minimum Gasteiger partial charge on any atom is -0.394 e. The number of ether oxygens (including phenoxy) is 3. The topological polar surface area (TPSA) is 158 Å². The third-order valence-corrected chi connectivity index (χ3v) is 5.75. The Labute approximate surface area is 195 Å². The number of carbonyl (C=O) groups excluding carboxylic acids is 2. The Morgan fingerprint density at radius 1 is 1.12 bits per heavy atom. The first-order valence-corrected chi connectivity index (χ1v) is 11.6. The summed E-state index contributed by atoms with van der Waals surface area (Å²) in [5, 5.41) is 41.8. The van der Waals surface area contributed by atoms with Gasteiger partial charge < -0.3 is 44.9 Å². The van der Waals surface area contributed by atoms with Crippen molar-refractivity contribution in [1.29, 1.82) is 0 Å². The van der Waals surface area contributed by atoms with Gasteiger partial charge in [-0.1, -0.05) is 0 Å². The van der Waals surface area contributed by atoms with E-state index in [9.17, 15) is 30.0 Å². The molecule has 2 saturated heterocycles. The Morgan fingerprint density at radius 3 is 2.39 bits per heavy atom. The van der Waals surface area contributed by atoms with E-state index in [2.05, 4.69) is 5.32 Å². The normalized spacial score (nSPS) is 32.7. The molecule has 0 aromatic rings. The molecular weight excluding hydrogens is 436 g/mol. The van der Waals surface area contributed by atoms with Crippen molar-refractivity contribution in [3.8, 4) is 0 Å². The van der Waals surface area contributed by atoms with Crippen LogP contribution >= 0.6 is 0 Å². The van der Waals surface area contributed by atoms with Crippen LogP contribution in [-0.4, -0.2) is 112 Å². The number of hydrogen-bond acceptors (Lipinski definition) is 9. The number of carbonyl (C=O) groups is 2.